The molecule has 1 saturated carbocycles. The van der Waals surface area contributed by atoms with Gasteiger partial charge in [0, 0.05) is 17.5 Å². The van der Waals surface area contributed by atoms with Crippen LogP contribution in [0.4, 0.5) is 0 Å². The van der Waals surface area contributed by atoms with Gasteiger partial charge >= 0.3 is 0 Å². The zero-order valence-corrected chi connectivity index (χ0v) is 13.1. The average Bonchev–Trinajstić information content (AvgIpc) is 2.91. The number of nitrogens with one attached hydrogen (secondary N) is 1. The average molecular weight is 282 g/mol. The zero-order chi connectivity index (χ0) is 13.0. The number of rotatable bonds is 4. The van der Waals surface area contributed by atoms with Gasteiger partial charge in [0.1, 0.15) is 0 Å². The molecule has 2 saturated heterocycles. The van der Waals surface area contributed by atoms with Crippen LogP contribution < -0.4 is 5.32 Å². The second-order valence-electron chi connectivity index (χ2n) is 6.87. The lowest BCUT2D eigenvalue weighted by Gasteiger charge is -2.39. The Bertz CT molecular complexity index is 260. The summed E-state index contributed by atoms with van der Waals surface area (Å²) < 4.78 is 0. The Morgan fingerprint density at radius 2 is 1.68 bits per heavy atom. The summed E-state index contributed by atoms with van der Waals surface area (Å²) in [5.74, 6) is 1.36. The van der Waals surface area contributed by atoms with Gasteiger partial charge in [0.05, 0.1) is 0 Å². The van der Waals surface area contributed by atoms with Crippen molar-refractivity contribution in [1.82, 2.24) is 10.2 Å². The van der Waals surface area contributed by atoms with Gasteiger partial charge in [-0.15, -0.1) is 0 Å². The highest BCUT2D eigenvalue weighted by Gasteiger charge is 2.36. The van der Waals surface area contributed by atoms with Crippen LogP contribution in [-0.2, 0) is 0 Å². The van der Waals surface area contributed by atoms with Gasteiger partial charge in [-0.25, -0.2) is 0 Å². The molecule has 0 bridgehead atoms. The lowest BCUT2D eigenvalue weighted by atomic mass is 9.77. The fourth-order valence-electron chi connectivity index (χ4n) is 4.19. The molecule has 2 nitrogen and oxygen atoms in total. The Labute approximate surface area is 123 Å². The summed E-state index contributed by atoms with van der Waals surface area (Å²) in [5, 5.41) is 4.40. The predicted molar refractivity (Wildman–Crippen MR) is 84.9 cm³/mol. The molecule has 0 unspecified atom stereocenters. The summed E-state index contributed by atoms with van der Waals surface area (Å²) in [6.45, 7) is 6.58. The fraction of sp³-hybridized carbons (Fsp3) is 1.00. The van der Waals surface area contributed by atoms with Gasteiger partial charge < -0.3 is 10.2 Å². The van der Waals surface area contributed by atoms with Gasteiger partial charge in [0.2, 0.25) is 0 Å². The van der Waals surface area contributed by atoms with Gasteiger partial charge in [0.25, 0.3) is 0 Å². The molecule has 3 heteroatoms. The molecule has 1 spiro atoms. The normalized spacial score (nSPS) is 29.1. The van der Waals surface area contributed by atoms with Gasteiger partial charge in [-0.2, -0.15) is 11.8 Å². The van der Waals surface area contributed by atoms with E-state index < -0.39 is 0 Å². The van der Waals surface area contributed by atoms with E-state index in [4.69, 9.17) is 0 Å². The van der Waals surface area contributed by atoms with Gasteiger partial charge in [0.15, 0.2) is 0 Å². The first-order valence-corrected chi connectivity index (χ1v) is 9.46. The summed E-state index contributed by atoms with van der Waals surface area (Å²) in [5.41, 5.74) is 0.790. The molecular weight excluding hydrogens is 252 g/mol. The zero-order valence-electron chi connectivity index (χ0n) is 12.3. The summed E-state index contributed by atoms with van der Waals surface area (Å²) in [6.07, 6.45) is 11.8. The van der Waals surface area contributed by atoms with Crippen molar-refractivity contribution in [3.8, 4) is 0 Å². The Morgan fingerprint density at radius 3 is 2.37 bits per heavy atom. The minimum atomic E-state index is 0.790. The van der Waals surface area contributed by atoms with E-state index in [1.54, 1.807) is 0 Å². The standard InChI is InChI=1S/C16H30N2S/c1-2-6-16(5-1)7-11-18(12-8-16)13-14-19-15-3-9-17-10-4-15/h15,17H,1-14H2. The van der Waals surface area contributed by atoms with Crippen LogP contribution in [0, 0.1) is 5.41 Å². The van der Waals surface area contributed by atoms with Crippen LogP contribution in [0.5, 0.6) is 0 Å². The van der Waals surface area contributed by atoms with E-state index in [1.165, 1.54) is 89.8 Å². The van der Waals surface area contributed by atoms with Crippen molar-refractivity contribution in [3.05, 3.63) is 0 Å². The van der Waals surface area contributed by atoms with Crippen LogP contribution in [0.25, 0.3) is 0 Å². The summed E-state index contributed by atoms with van der Waals surface area (Å²) in [4.78, 5) is 2.73. The molecule has 110 valence electrons. The van der Waals surface area contributed by atoms with Crippen molar-refractivity contribution in [2.75, 3.05) is 38.5 Å². The number of hydrogen-bond acceptors (Lipinski definition) is 3. The maximum Gasteiger partial charge on any atom is 0.00725 e. The first-order chi connectivity index (χ1) is 9.36. The first kappa shape index (κ1) is 14.2. The molecule has 0 aromatic heterocycles. The minimum Gasteiger partial charge on any atom is -0.317 e. The number of hydrogen-bond donors (Lipinski definition) is 1. The largest absolute Gasteiger partial charge is 0.317 e. The maximum absolute atomic E-state index is 3.46. The van der Waals surface area contributed by atoms with Gasteiger partial charge in [-0.1, -0.05) is 12.8 Å². The highest BCUT2D eigenvalue weighted by Crippen LogP contribution is 2.46. The molecule has 2 heterocycles. The van der Waals surface area contributed by atoms with E-state index in [1.807, 2.05) is 0 Å². The molecular formula is C16H30N2S. The lowest BCUT2D eigenvalue weighted by Crippen LogP contribution is -2.40. The molecule has 3 aliphatic rings. The molecule has 0 aromatic rings. The second kappa shape index (κ2) is 6.82. The number of likely N-dealkylation sites (tertiary alicyclic amines) is 1. The van der Waals surface area contributed by atoms with Crippen LogP contribution in [0.2, 0.25) is 0 Å². The topological polar surface area (TPSA) is 15.3 Å². The third-order valence-electron chi connectivity index (χ3n) is 5.63. The number of piperidine rings is 2. The molecule has 1 N–H and O–H groups in total. The van der Waals surface area contributed by atoms with Crippen LogP contribution in [0.1, 0.15) is 51.4 Å². The molecule has 19 heavy (non-hydrogen) atoms. The lowest BCUT2D eigenvalue weighted by molar-refractivity contribution is 0.114. The van der Waals surface area contributed by atoms with Crippen LogP contribution >= 0.6 is 11.8 Å². The van der Waals surface area contributed by atoms with E-state index in [2.05, 4.69) is 22.0 Å². The van der Waals surface area contributed by atoms with E-state index in [0.29, 0.717) is 0 Å². The Morgan fingerprint density at radius 1 is 1.00 bits per heavy atom. The van der Waals surface area contributed by atoms with Crippen LogP contribution in [-0.4, -0.2) is 48.6 Å². The Hall–Kier alpha value is 0.270. The molecule has 2 aliphatic heterocycles. The quantitative estimate of drug-likeness (QED) is 0.853. The van der Waals surface area contributed by atoms with Gasteiger partial charge in [-0.05, 0) is 70.1 Å². The molecule has 1 aliphatic carbocycles. The maximum atomic E-state index is 3.46. The molecule has 0 radical (unpaired) electrons. The van der Waals surface area contributed by atoms with E-state index in [9.17, 15) is 0 Å². The summed E-state index contributed by atoms with van der Waals surface area (Å²) in [6, 6.07) is 0. The highest BCUT2D eigenvalue weighted by molar-refractivity contribution is 7.99. The SMILES string of the molecule is C1CCC2(C1)CCN(CCSC1CCNCC1)CC2. The number of thioether (sulfide) groups is 1. The van der Waals surface area contributed by atoms with Crippen molar-refractivity contribution in [3.63, 3.8) is 0 Å². The molecule has 0 amide bonds. The van der Waals surface area contributed by atoms with Crippen LogP contribution in [0.15, 0.2) is 0 Å². The van der Waals surface area contributed by atoms with Crippen LogP contribution in [0.3, 0.4) is 0 Å². The summed E-state index contributed by atoms with van der Waals surface area (Å²) in [7, 11) is 0. The fourth-order valence-corrected chi connectivity index (χ4v) is 5.45. The van der Waals surface area contributed by atoms with E-state index >= 15 is 0 Å². The number of nitrogens with zero attached hydrogens (tertiary/aromatic N) is 1. The Balaban J connectivity index is 1.31. The van der Waals surface area contributed by atoms with E-state index in [-0.39, 0.29) is 0 Å². The van der Waals surface area contributed by atoms with Crippen molar-refractivity contribution >= 4 is 11.8 Å². The second-order valence-corrected chi connectivity index (χ2v) is 8.28. The molecule has 0 aromatic carbocycles. The minimum absolute atomic E-state index is 0.790. The molecule has 3 fully saturated rings. The summed E-state index contributed by atoms with van der Waals surface area (Å²) >= 11 is 2.23. The van der Waals surface area contributed by atoms with Crippen molar-refractivity contribution < 1.29 is 0 Å². The highest BCUT2D eigenvalue weighted by atomic mass is 32.2. The third kappa shape index (κ3) is 3.89. The molecule has 0 atom stereocenters. The van der Waals surface area contributed by atoms with Crippen molar-refractivity contribution in [1.29, 1.82) is 0 Å². The molecule has 3 rings (SSSR count). The van der Waals surface area contributed by atoms with E-state index in [0.717, 1.165) is 10.7 Å². The van der Waals surface area contributed by atoms with Crippen molar-refractivity contribution in [2.45, 2.75) is 56.6 Å². The third-order valence-corrected chi connectivity index (χ3v) is 6.99. The Kier molecular flexibility index (Phi) is 5.10. The van der Waals surface area contributed by atoms with Gasteiger partial charge in [-0.3, -0.25) is 0 Å². The smallest absolute Gasteiger partial charge is 0.00725 e. The monoisotopic (exact) mass is 282 g/mol. The first-order valence-electron chi connectivity index (χ1n) is 8.41. The van der Waals surface area contributed by atoms with Crippen molar-refractivity contribution in [2.24, 2.45) is 5.41 Å². The predicted octanol–water partition coefficient (Wildman–Crippen LogP) is 3.13.